The molecule has 0 saturated heterocycles. The molecule has 5 aliphatic carbocycles. The Morgan fingerprint density at radius 3 is 1.72 bits per heavy atom. The highest BCUT2D eigenvalue weighted by Gasteiger charge is 2.51. The molecule has 5 aliphatic rings. The number of benzene rings is 9. The number of hydrogen-bond donors (Lipinski definition) is 0. The Kier molecular flexibility index (Phi) is 8.52. The molecule has 0 radical (unpaired) electrons. The molecule has 0 heterocycles. The van der Waals surface area contributed by atoms with Gasteiger partial charge in [-0.25, -0.2) is 0 Å². The molecule has 0 spiro atoms. The van der Waals surface area contributed by atoms with Crippen molar-refractivity contribution in [1.82, 2.24) is 0 Å². The zero-order chi connectivity index (χ0) is 42.6. The third-order valence-electron chi connectivity index (χ3n) is 16.2. The van der Waals surface area contributed by atoms with Crippen LogP contribution in [0.25, 0.3) is 66.1 Å². The zero-order valence-corrected chi connectivity index (χ0v) is 36.9. The molecule has 4 saturated carbocycles. The van der Waals surface area contributed by atoms with Crippen LogP contribution in [0.15, 0.2) is 194 Å². The monoisotopic (exact) mass is 823 g/mol. The lowest BCUT2D eigenvalue weighted by atomic mass is 9.48. The lowest BCUT2D eigenvalue weighted by Crippen LogP contribution is -2.48. The van der Waals surface area contributed by atoms with Crippen LogP contribution in [0.1, 0.15) is 69.1 Å². The first kappa shape index (κ1) is 37.8. The Morgan fingerprint density at radius 2 is 0.953 bits per heavy atom. The summed E-state index contributed by atoms with van der Waals surface area (Å²) in [5.74, 6) is 2.81. The van der Waals surface area contributed by atoms with Gasteiger partial charge >= 0.3 is 0 Å². The maximum atomic E-state index is 2.51. The second-order valence-electron chi connectivity index (χ2n) is 20.4. The summed E-state index contributed by atoms with van der Waals surface area (Å²) in [6.45, 7) is 4.77. The summed E-state index contributed by atoms with van der Waals surface area (Å²) >= 11 is 0. The van der Waals surface area contributed by atoms with Crippen molar-refractivity contribution in [2.45, 2.75) is 63.2 Å². The molecule has 9 aromatic carbocycles. The smallest absolute Gasteiger partial charge is 0.0540 e. The quantitative estimate of drug-likeness (QED) is 0.155. The minimum atomic E-state index is -0.127. The molecule has 310 valence electrons. The fraction of sp³-hybridized carbons (Fsp3) is 0.206. The van der Waals surface area contributed by atoms with E-state index in [0.717, 1.165) is 34.8 Å². The van der Waals surface area contributed by atoms with Gasteiger partial charge in [-0.1, -0.05) is 166 Å². The maximum Gasteiger partial charge on any atom is 0.0540 e. The van der Waals surface area contributed by atoms with Crippen LogP contribution in [0.3, 0.4) is 0 Å². The summed E-state index contributed by atoms with van der Waals surface area (Å²) in [5, 5.41) is 5.03. The van der Waals surface area contributed by atoms with Crippen molar-refractivity contribution in [3.8, 4) is 44.5 Å². The molecule has 14 rings (SSSR count). The molecule has 0 N–H and O–H groups in total. The topological polar surface area (TPSA) is 3.24 Å². The second kappa shape index (κ2) is 14.4. The van der Waals surface area contributed by atoms with Crippen molar-refractivity contribution >= 4 is 38.6 Å². The molecule has 0 unspecified atom stereocenters. The molecule has 0 atom stereocenters. The largest absolute Gasteiger partial charge is 0.310 e. The molecule has 9 aromatic rings. The van der Waals surface area contributed by atoms with E-state index in [2.05, 4.69) is 213 Å². The van der Waals surface area contributed by atoms with Gasteiger partial charge in [-0.2, -0.15) is 0 Å². The minimum Gasteiger partial charge on any atom is -0.310 e. The van der Waals surface area contributed by atoms with Crippen LogP contribution in [0, 0.1) is 17.8 Å². The van der Waals surface area contributed by atoms with Crippen molar-refractivity contribution in [2.75, 3.05) is 4.90 Å². The van der Waals surface area contributed by atoms with Crippen molar-refractivity contribution in [3.05, 3.63) is 211 Å². The Bertz CT molecular complexity index is 3240. The first-order valence-electron chi connectivity index (χ1n) is 23.7. The van der Waals surface area contributed by atoms with Crippen molar-refractivity contribution in [1.29, 1.82) is 0 Å². The number of rotatable bonds is 7. The van der Waals surface area contributed by atoms with Crippen LogP contribution in [0.4, 0.5) is 17.1 Å². The predicted octanol–water partition coefficient (Wildman–Crippen LogP) is 17.2. The second-order valence-corrected chi connectivity index (χ2v) is 20.4. The standard InChI is InChI=1S/C63H53N/c1-62(2)59-17-8-7-15-56(59)57-30-29-53(37-60(57)62)64(52-27-22-46(23-28-52)49-19-18-44-10-3-4-12-48(44)35-49)61-31-24-50(36-58(61)55-16-9-13-47-11-5-6-14-54(47)55)45-20-25-51(26-21-45)63-38-41-32-42(39-63)34-43(33-41)40-63/h3-31,35-37,41-43H,32-34,38-40H2,1-2H3. The van der Waals surface area contributed by atoms with Crippen LogP contribution in [0.5, 0.6) is 0 Å². The zero-order valence-electron chi connectivity index (χ0n) is 36.9. The fourth-order valence-electron chi connectivity index (χ4n) is 13.5. The molecule has 4 fully saturated rings. The summed E-state index contributed by atoms with van der Waals surface area (Å²) in [4.78, 5) is 2.51. The van der Waals surface area contributed by atoms with Gasteiger partial charge in [0.15, 0.2) is 0 Å². The summed E-state index contributed by atoms with van der Waals surface area (Å²) in [5.41, 5.74) is 18.2. The highest BCUT2D eigenvalue weighted by Crippen LogP contribution is 2.61. The van der Waals surface area contributed by atoms with Crippen LogP contribution in [-0.2, 0) is 10.8 Å². The molecule has 1 heteroatoms. The number of fused-ring (bicyclic) bond motifs is 5. The summed E-state index contributed by atoms with van der Waals surface area (Å²) in [6.07, 6.45) is 8.60. The first-order valence-corrected chi connectivity index (χ1v) is 23.7. The van der Waals surface area contributed by atoms with Crippen LogP contribution in [0.2, 0.25) is 0 Å². The highest BCUT2D eigenvalue weighted by atomic mass is 15.1. The SMILES string of the molecule is CC1(C)c2ccccc2-c2ccc(N(c3ccc(-c4ccc5ccccc5c4)cc3)c3ccc(-c4ccc(C56CC7CC(CC(C7)C5)C6)cc4)cc3-c3cccc4ccccc34)cc21. The van der Waals surface area contributed by atoms with Gasteiger partial charge in [-0.15, -0.1) is 0 Å². The molecule has 0 aliphatic heterocycles. The van der Waals surface area contributed by atoms with Gasteiger partial charge < -0.3 is 4.90 Å². The molecule has 0 aromatic heterocycles. The van der Waals surface area contributed by atoms with Gasteiger partial charge in [0.1, 0.15) is 0 Å². The molecule has 1 nitrogen and oxygen atoms in total. The van der Waals surface area contributed by atoms with Gasteiger partial charge in [0.2, 0.25) is 0 Å². The number of nitrogens with zero attached hydrogens (tertiary/aromatic N) is 1. The van der Waals surface area contributed by atoms with Crippen molar-refractivity contribution < 1.29 is 0 Å². The molecule has 64 heavy (non-hydrogen) atoms. The van der Waals surface area contributed by atoms with E-state index >= 15 is 0 Å². The Hall–Kier alpha value is -6.70. The Labute approximate surface area is 378 Å². The summed E-state index contributed by atoms with van der Waals surface area (Å²) in [6, 6.07) is 73.6. The lowest BCUT2D eigenvalue weighted by Gasteiger charge is -2.57. The normalized spacial score (nSPS) is 21.2. The predicted molar refractivity (Wildman–Crippen MR) is 270 cm³/mol. The Balaban J connectivity index is 0.974. The van der Waals surface area contributed by atoms with Crippen molar-refractivity contribution in [2.24, 2.45) is 17.8 Å². The average Bonchev–Trinajstić information content (AvgIpc) is 3.56. The molecule has 4 bridgehead atoms. The first-order chi connectivity index (χ1) is 31.4. The lowest BCUT2D eigenvalue weighted by molar-refractivity contribution is -0.00518. The van der Waals surface area contributed by atoms with E-state index in [0.29, 0.717) is 5.41 Å². The van der Waals surface area contributed by atoms with E-state index in [1.54, 1.807) is 5.56 Å². The number of anilines is 3. The maximum absolute atomic E-state index is 2.51. The average molecular weight is 824 g/mol. The van der Waals surface area contributed by atoms with Gasteiger partial charge in [0.05, 0.1) is 5.69 Å². The minimum absolute atomic E-state index is 0.127. The van der Waals surface area contributed by atoms with Gasteiger partial charge in [0, 0.05) is 22.4 Å². The van der Waals surface area contributed by atoms with E-state index in [9.17, 15) is 0 Å². The van der Waals surface area contributed by atoms with E-state index in [1.165, 1.54) is 116 Å². The Morgan fingerprint density at radius 1 is 0.391 bits per heavy atom. The van der Waals surface area contributed by atoms with E-state index in [-0.39, 0.29) is 5.41 Å². The third-order valence-corrected chi connectivity index (χ3v) is 16.2. The summed E-state index contributed by atoms with van der Waals surface area (Å²) < 4.78 is 0. The molecular formula is C63H53N. The highest BCUT2D eigenvalue weighted by molar-refractivity contribution is 6.03. The molecule has 0 amide bonds. The number of hydrogen-bond acceptors (Lipinski definition) is 1. The van der Waals surface area contributed by atoms with Gasteiger partial charge in [0.25, 0.3) is 0 Å². The van der Waals surface area contributed by atoms with E-state index < -0.39 is 0 Å². The van der Waals surface area contributed by atoms with Crippen LogP contribution < -0.4 is 4.90 Å². The van der Waals surface area contributed by atoms with Gasteiger partial charge in [-0.3, -0.25) is 0 Å². The molecular weight excluding hydrogens is 771 g/mol. The van der Waals surface area contributed by atoms with Crippen LogP contribution >= 0.6 is 0 Å². The van der Waals surface area contributed by atoms with Crippen LogP contribution in [-0.4, -0.2) is 0 Å². The van der Waals surface area contributed by atoms with E-state index in [1.807, 2.05) is 0 Å². The fourth-order valence-corrected chi connectivity index (χ4v) is 13.5. The van der Waals surface area contributed by atoms with Crippen molar-refractivity contribution in [3.63, 3.8) is 0 Å². The van der Waals surface area contributed by atoms with E-state index in [4.69, 9.17) is 0 Å². The third kappa shape index (κ3) is 6.04. The van der Waals surface area contributed by atoms with Gasteiger partial charge in [-0.05, 0) is 181 Å². The summed E-state index contributed by atoms with van der Waals surface area (Å²) in [7, 11) is 0.